The Labute approximate surface area is 114 Å². The van der Waals surface area contributed by atoms with Crippen LogP contribution in [0.2, 0.25) is 5.02 Å². The van der Waals surface area contributed by atoms with Crippen molar-refractivity contribution in [3.05, 3.63) is 28.8 Å². The van der Waals surface area contributed by atoms with Gasteiger partial charge in [-0.25, -0.2) is 0 Å². The minimum absolute atomic E-state index is 0. The number of halogens is 2. The molecule has 0 spiro atoms. The molecule has 2 atom stereocenters. The van der Waals surface area contributed by atoms with Gasteiger partial charge in [-0.2, -0.15) is 0 Å². The first kappa shape index (κ1) is 16.5. The highest BCUT2D eigenvalue weighted by molar-refractivity contribution is 6.31. The second kappa shape index (κ2) is 7.07. The maximum atomic E-state index is 9.69. The molecule has 0 unspecified atom stereocenters. The fraction of sp³-hybridized carbons (Fsp3) is 0.500. The summed E-state index contributed by atoms with van der Waals surface area (Å²) in [5.74, 6) is 0. The predicted octanol–water partition coefficient (Wildman–Crippen LogP) is 2.60. The van der Waals surface area contributed by atoms with Gasteiger partial charge in [-0.1, -0.05) is 24.6 Å². The first-order valence-electron chi connectivity index (χ1n) is 5.37. The highest BCUT2D eigenvalue weighted by Crippen LogP contribution is 2.28. The average molecular weight is 279 g/mol. The molecule has 17 heavy (non-hydrogen) atoms. The van der Waals surface area contributed by atoms with Gasteiger partial charge in [0.25, 0.3) is 0 Å². The summed E-state index contributed by atoms with van der Waals surface area (Å²) < 4.78 is 0. The normalized spacial score (nSPS) is 13.8. The number of nitrogens with two attached hydrogens (primary N) is 1. The Balaban J connectivity index is 0.00000256. The second-order valence-corrected chi connectivity index (χ2v) is 4.51. The number of nitrogens with zero attached hydrogens (tertiary/aromatic N) is 1. The quantitative estimate of drug-likeness (QED) is 0.890. The van der Waals surface area contributed by atoms with Crippen LogP contribution in [-0.2, 0) is 0 Å². The van der Waals surface area contributed by atoms with Crippen LogP contribution in [0.1, 0.15) is 24.9 Å². The molecule has 1 aromatic rings. The van der Waals surface area contributed by atoms with E-state index in [-0.39, 0.29) is 12.4 Å². The monoisotopic (exact) mass is 278 g/mol. The van der Waals surface area contributed by atoms with E-state index in [2.05, 4.69) is 0 Å². The number of rotatable bonds is 4. The molecule has 0 aliphatic rings. The zero-order valence-corrected chi connectivity index (χ0v) is 11.9. The number of hydrogen-bond acceptors (Lipinski definition) is 3. The topological polar surface area (TPSA) is 49.5 Å². The van der Waals surface area contributed by atoms with Crippen molar-refractivity contribution in [2.45, 2.75) is 25.5 Å². The summed E-state index contributed by atoms with van der Waals surface area (Å²) in [6.07, 6.45) is 0.0649. The van der Waals surface area contributed by atoms with Crippen LogP contribution in [0.4, 0.5) is 5.69 Å². The van der Waals surface area contributed by atoms with Crippen molar-refractivity contribution in [1.29, 1.82) is 0 Å². The molecule has 0 aliphatic heterocycles. The minimum Gasteiger partial charge on any atom is -0.391 e. The molecule has 0 saturated carbocycles. The van der Waals surface area contributed by atoms with E-state index in [1.807, 2.05) is 44.1 Å². The molecule has 0 amide bonds. The molecule has 0 saturated heterocycles. The molecular weight excluding hydrogens is 259 g/mol. The van der Waals surface area contributed by atoms with Crippen LogP contribution in [0.3, 0.4) is 0 Å². The lowest BCUT2D eigenvalue weighted by Gasteiger charge is -2.20. The van der Waals surface area contributed by atoms with Gasteiger partial charge in [0, 0.05) is 24.8 Å². The Bertz CT molecular complexity index is 358. The fourth-order valence-corrected chi connectivity index (χ4v) is 1.83. The molecule has 1 aromatic carbocycles. The highest BCUT2D eigenvalue weighted by atomic mass is 35.5. The van der Waals surface area contributed by atoms with Crippen LogP contribution in [0, 0.1) is 0 Å². The average Bonchev–Trinajstić information content (AvgIpc) is 2.26. The summed E-state index contributed by atoms with van der Waals surface area (Å²) in [6.45, 7) is 1.90. The summed E-state index contributed by atoms with van der Waals surface area (Å²) in [5.41, 5.74) is 7.74. The van der Waals surface area contributed by atoms with E-state index in [4.69, 9.17) is 17.3 Å². The third-order valence-electron chi connectivity index (χ3n) is 2.69. The lowest BCUT2D eigenvalue weighted by molar-refractivity contribution is 0.141. The van der Waals surface area contributed by atoms with Gasteiger partial charge < -0.3 is 15.7 Å². The Morgan fingerprint density at radius 2 is 2.00 bits per heavy atom. The van der Waals surface area contributed by atoms with E-state index in [9.17, 15) is 5.11 Å². The van der Waals surface area contributed by atoms with Crippen molar-refractivity contribution < 1.29 is 5.11 Å². The maximum Gasteiger partial charge on any atom is 0.0730 e. The van der Waals surface area contributed by atoms with Gasteiger partial charge in [-0.3, -0.25) is 0 Å². The summed E-state index contributed by atoms with van der Waals surface area (Å²) in [6, 6.07) is 5.26. The van der Waals surface area contributed by atoms with Crippen molar-refractivity contribution in [3.8, 4) is 0 Å². The number of hydrogen-bond donors (Lipinski definition) is 2. The molecule has 0 aliphatic carbocycles. The maximum absolute atomic E-state index is 9.69. The third-order valence-corrected chi connectivity index (χ3v) is 3.02. The third kappa shape index (κ3) is 4.03. The number of benzene rings is 1. The van der Waals surface area contributed by atoms with E-state index < -0.39 is 12.1 Å². The molecule has 1 rings (SSSR count). The Morgan fingerprint density at radius 3 is 2.41 bits per heavy atom. The molecule has 3 N–H and O–H groups in total. The van der Waals surface area contributed by atoms with E-state index in [0.29, 0.717) is 11.4 Å². The number of anilines is 1. The lowest BCUT2D eigenvalue weighted by Crippen LogP contribution is -2.25. The van der Waals surface area contributed by atoms with Crippen LogP contribution in [0.15, 0.2) is 18.2 Å². The summed E-state index contributed by atoms with van der Waals surface area (Å²) >= 11 is 6.15. The highest BCUT2D eigenvalue weighted by Gasteiger charge is 2.17. The zero-order chi connectivity index (χ0) is 12.3. The van der Waals surface area contributed by atoms with Crippen molar-refractivity contribution in [2.75, 3.05) is 19.0 Å². The van der Waals surface area contributed by atoms with Crippen LogP contribution in [0.5, 0.6) is 0 Å². The summed E-state index contributed by atoms with van der Waals surface area (Å²) in [4.78, 5) is 1.97. The van der Waals surface area contributed by atoms with E-state index in [0.717, 1.165) is 11.3 Å². The molecule has 5 heteroatoms. The molecule has 0 radical (unpaired) electrons. The van der Waals surface area contributed by atoms with Crippen LogP contribution in [0.25, 0.3) is 0 Å². The molecule has 3 nitrogen and oxygen atoms in total. The second-order valence-electron chi connectivity index (χ2n) is 4.10. The van der Waals surface area contributed by atoms with Gasteiger partial charge in [0.05, 0.1) is 12.1 Å². The molecular formula is C12H20Cl2N2O. The van der Waals surface area contributed by atoms with Crippen LogP contribution in [-0.4, -0.2) is 25.3 Å². The van der Waals surface area contributed by atoms with Gasteiger partial charge in [-0.15, -0.1) is 12.4 Å². The largest absolute Gasteiger partial charge is 0.391 e. The molecule has 0 heterocycles. The van der Waals surface area contributed by atoms with Crippen molar-refractivity contribution >= 4 is 29.7 Å². The van der Waals surface area contributed by atoms with E-state index >= 15 is 0 Å². The first-order chi connectivity index (χ1) is 7.47. The lowest BCUT2D eigenvalue weighted by atomic mass is 10.0. The van der Waals surface area contributed by atoms with Crippen molar-refractivity contribution in [2.24, 2.45) is 5.73 Å². The number of aliphatic hydroxyl groups excluding tert-OH is 1. The molecule has 0 bridgehead atoms. The number of aliphatic hydroxyl groups is 1. The summed E-state index contributed by atoms with van der Waals surface area (Å²) in [7, 11) is 3.90. The molecule has 98 valence electrons. The predicted molar refractivity (Wildman–Crippen MR) is 76.3 cm³/mol. The van der Waals surface area contributed by atoms with Gasteiger partial charge in [0.1, 0.15) is 0 Å². The van der Waals surface area contributed by atoms with Crippen LogP contribution >= 0.6 is 24.0 Å². The van der Waals surface area contributed by atoms with Gasteiger partial charge in [0.15, 0.2) is 0 Å². The molecule has 0 aromatic heterocycles. The standard InChI is InChI=1S/C12H19ClN2O.ClH/c1-4-11(16)12(14)9-6-5-8(15(2)3)7-10(9)13;/h5-7,11-12,16H,4,14H2,1-3H3;1H/t11-,12+;/m1./s1. The van der Waals surface area contributed by atoms with Crippen molar-refractivity contribution in [1.82, 2.24) is 0 Å². The minimum atomic E-state index is -0.553. The fourth-order valence-electron chi connectivity index (χ4n) is 1.53. The van der Waals surface area contributed by atoms with Gasteiger partial charge >= 0.3 is 0 Å². The smallest absolute Gasteiger partial charge is 0.0730 e. The Morgan fingerprint density at radius 1 is 1.41 bits per heavy atom. The Hall–Kier alpha value is -0.480. The first-order valence-corrected chi connectivity index (χ1v) is 5.75. The van der Waals surface area contributed by atoms with Crippen LogP contribution < -0.4 is 10.6 Å². The summed E-state index contributed by atoms with van der Waals surface area (Å²) in [5, 5.41) is 10.3. The van der Waals surface area contributed by atoms with Crippen molar-refractivity contribution in [3.63, 3.8) is 0 Å². The zero-order valence-electron chi connectivity index (χ0n) is 10.4. The van der Waals surface area contributed by atoms with Gasteiger partial charge in [0.2, 0.25) is 0 Å². The molecule has 0 fully saturated rings. The Kier molecular flexibility index (Phi) is 6.87. The van der Waals surface area contributed by atoms with E-state index in [1.54, 1.807) is 0 Å². The van der Waals surface area contributed by atoms with E-state index in [1.165, 1.54) is 0 Å². The van der Waals surface area contributed by atoms with Gasteiger partial charge in [-0.05, 0) is 24.1 Å². The SMILES string of the molecule is CC[C@@H](O)[C@@H](N)c1ccc(N(C)C)cc1Cl.Cl.